The molecule has 1 aromatic rings. The van der Waals surface area contributed by atoms with Crippen molar-refractivity contribution in [2.24, 2.45) is 11.8 Å². The second-order valence-electron chi connectivity index (χ2n) is 5.24. The van der Waals surface area contributed by atoms with Crippen molar-refractivity contribution >= 4 is 5.97 Å². The Morgan fingerprint density at radius 3 is 2.05 bits per heavy atom. The number of benzene rings is 1. The topological polar surface area (TPSA) is 66.8 Å². The lowest BCUT2D eigenvalue weighted by Gasteiger charge is -2.25. The first kappa shape index (κ1) is 15.5. The van der Waals surface area contributed by atoms with Crippen LogP contribution in [-0.2, 0) is 9.53 Å². The van der Waals surface area contributed by atoms with Crippen LogP contribution in [0.5, 0.6) is 5.75 Å². The Labute approximate surface area is 114 Å². The number of hydrogen-bond acceptors (Lipinski definition) is 4. The minimum atomic E-state index is -0.939. The molecule has 0 aromatic heterocycles. The number of aryl methyl sites for hydroxylation is 2. The van der Waals surface area contributed by atoms with E-state index in [0.717, 1.165) is 0 Å². The maximum Gasteiger partial charge on any atom is 0.311 e. The number of aliphatic hydroxyl groups is 1. The lowest BCUT2D eigenvalue weighted by molar-refractivity contribution is -0.152. The van der Waals surface area contributed by atoms with Gasteiger partial charge in [0.15, 0.2) is 0 Å². The van der Waals surface area contributed by atoms with Gasteiger partial charge in [0.1, 0.15) is 5.75 Å². The third kappa shape index (κ3) is 3.26. The minimum absolute atomic E-state index is 0.0446. The van der Waals surface area contributed by atoms with Crippen molar-refractivity contribution in [2.45, 2.75) is 33.8 Å². The predicted molar refractivity (Wildman–Crippen MR) is 72.9 cm³/mol. The van der Waals surface area contributed by atoms with Crippen molar-refractivity contribution in [3.63, 3.8) is 0 Å². The molecule has 1 rings (SSSR count). The van der Waals surface area contributed by atoms with Gasteiger partial charge in [-0.1, -0.05) is 13.8 Å². The van der Waals surface area contributed by atoms with Crippen LogP contribution in [0.4, 0.5) is 0 Å². The molecule has 19 heavy (non-hydrogen) atoms. The lowest BCUT2D eigenvalue weighted by Crippen LogP contribution is -2.28. The molecule has 0 saturated carbocycles. The van der Waals surface area contributed by atoms with E-state index in [4.69, 9.17) is 4.74 Å². The normalized spacial score (nSPS) is 14.3. The number of rotatable bonds is 4. The SMILES string of the molecule is COC(=O)C(C(C)C)C(O)c1cc(C)c(O)c(C)c1. The number of hydrogen-bond donors (Lipinski definition) is 2. The van der Waals surface area contributed by atoms with Crippen LogP contribution in [0.15, 0.2) is 12.1 Å². The van der Waals surface area contributed by atoms with E-state index in [1.54, 1.807) is 26.0 Å². The molecule has 2 unspecified atom stereocenters. The fraction of sp³-hybridized carbons (Fsp3) is 0.533. The molecule has 0 aliphatic heterocycles. The van der Waals surface area contributed by atoms with Gasteiger partial charge in [-0.05, 0) is 48.6 Å². The Morgan fingerprint density at radius 1 is 1.21 bits per heavy atom. The molecule has 4 nitrogen and oxygen atoms in total. The molecule has 4 heteroatoms. The summed E-state index contributed by atoms with van der Waals surface area (Å²) in [6.45, 7) is 7.26. The summed E-state index contributed by atoms with van der Waals surface area (Å²) in [4.78, 5) is 11.8. The van der Waals surface area contributed by atoms with Crippen LogP contribution in [0.25, 0.3) is 0 Å². The molecule has 2 atom stereocenters. The summed E-state index contributed by atoms with van der Waals surface area (Å²) in [5.74, 6) is -0.869. The molecular weight excluding hydrogens is 244 g/mol. The van der Waals surface area contributed by atoms with Crippen molar-refractivity contribution < 1.29 is 19.7 Å². The third-order valence-electron chi connectivity index (χ3n) is 3.39. The zero-order valence-electron chi connectivity index (χ0n) is 12.1. The summed E-state index contributed by atoms with van der Waals surface area (Å²) < 4.78 is 4.75. The summed E-state index contributed by atoms with van der Waals surface area (Å²) in [7, 11) is 1.32. The number of phenols is 1. The van der Waals surface area contributed by atoms with Crippen LogP contribution < -0.4 is 0 Å². The quantitative estimate of drug-likeness (QED) is 0.822. The van der Waals surface area contributed by atoms with E-state index in [-0.39, 0.29) is 11.7 Å². The Bertz CT molecular complexity index is 442. The Morgan fingerprint density at radius 2 is 1.68 bits per heavy atom. The van der Waals surface area contributed by atoms with Crippen molar-refractivity contribution in [3.8, 4) is 5.75 Å². The average Bonchev–Trinajstić information content (AvgIpc) is 2.34. The van der Waals surface area contributed by atoms with E-state index < -0.39 is 18.0 Å². The number of aliphatic hydroxyl groups excluding tert-OH is 1. The lowest BCUT2D eigenvalue weighted by atomic mass is 9.85. The Hall–Kier alpha value is -1.55. The molecule has 0 aliphatic carbocycles. The van der Waals surface area contributed by atoms with Gasteiger partial charge in [0.25, 0.3) is 0 Å². The van der Waals surface area contributed by atoms with Crippen molar-refractivity contribution in [2.75, 3.05) is 7.11 Å². The van der Waals surface area contributed by atoms with Crippen LogP contribution in [0.1, 0.15) is 36.6 Å². The molecule has 0 heterocycles. The van der Waals surface area contributed by atoms with Gasteiger partial charge in [0, 0.05) is 0 Å². The van der Waals surface area contributed by atoms with Gasteiger partial charge in [-0.15, -0.1) is 0 Å². The Balaban J connectivity index is 3.17. The number of esters is 1. The van der Waals surface area contributed by atoms with Crippen molar-refractivity contribution in [1.29, 1.82) is 0 Å². The standard InChI is InChI=1S/C15H22O4/c1-8(2)12(15(18)19-5)14(17)11-6-9(3)13(16)10(4)7-11/h6-8,12,14,16-17H,1-5H3. The average molecular weight is 266 g/mol. The number of aromatic hydroxyl groups is 1. The van der Waals surface area contributed by atoms with Crippen molar-refractivity contribution in [3.05, 3.63) is 28.8 Å². The molecule has 0 bridgehead atoms. The van der Waals surface area contributed by atoms with E-state index in [9.17, 15) is 15.0 Å². The van der Waals surface area contributed by atoms with Gasteiger partial charge in [-0.3, -0.25) is 4.79 Å². The molecule has 0 aliphatic rings. The predicted octanol–water partition coefficient (Wildman–Crippen LogP) is 2.49. The molecule has 106 valence electrons. The van der Waals surface area contributed by atoms with E-state index in [1.807, 2.05) is 13.8 Å². The van der Waals surface area contributed by atoms with Crippen LogP contribution in [0.3, 0.4) is 0 Å². The summed E-state index contributed by atoms with van der Waals surface area (Å²) in [5.41, 5.74) is 1.99. The van der Waals surface area contributed by atoms with Crippen LogP contribution in [-0.4, -0.2) is 23.3 Å². The van der Waals surface area contributed by atoms with Crippen molar-refractivity contribution in [1.82, 2.24) is 0 Å². The highest BCUT2D eigenvalue weighted by Crippen LogP contribution is 2.33. The van der Waals surface area contributed by atoms with E-state index in [0.29, 0.717) is 16.7 Å². The van der Waals surface area contributed by atoms with Gasteiger partial charge in [0.05, 0.1) is 19.1 Å². The number of methoxy groups -OCH3 is 1. The summed E-state index contributed by atoms with van der Waals surface area (Å²) in [6, 6.07) is 3.40. The molecule has 0 amide bonds. The molecule has 0 spiro atoms. The van der Waals surface area contributed by atoms with Crippen LogP contribution in [0.2, 0.25) is 0 Å². The first-order valence-electron chi connectivity index (χ1n) is 6.35. The summed E-state index contributed by atoms with van der Waals surface area (Å²) in [6.07, 6.45) is -0.939. The monoisotopic (exact) mass is 266 g/mol. The second kappa shape index (κ2) is 6.06. The number of carbonyl (C=O) groups excluding carboxylic acids is 1. The van der Waals surface area contributed by atoms with Crippen LogP contribution >= 0.6 is 0 Å². The Kier molecular flexibility index (Phi) is 4.95. The first-order valence-corrected chi connectivity index (χ1v) is 6.35. The maximum atomic E-state index is 11.8. The smallest absolute Gasteiger partial charge is 0.311 e. The first-order chi connectivity index (χ1) is 8.79. The molecule has 0 fully saturated rings. The van der Waals surface area contributed by atoms with Gasteiger partial charge < -0.3 is 14.9 Å². The molecule has 0 radical (unpaired) electrons. The molecule has 0 saturated heterocycles. The highest BCUT2D eigenvalue weighted by atomic mass is 16.5. The second-order valence-corrected chi connectivity index (χ2v) is 5.24. The van der Waals surface area contributed by atoms with Gasteiger partial charge >= 0.3 is 5.97 Å². The van der Waals surface area contributed by atoms with Gasteiger partial charge in [-0.2, -0.15) is 0 Å². The van der Waals surface area contributed by atoms with E-state index in [2.05, 4.69) is 0 Å². The molecule has 2 N–H and O–H groups in total. The molecular formula is C15H22O4. The van der Waals surface area contributed by atoms with E-state index in [1.165, 1.54) is 7.11 Å². The number of ether oxygens (including phenoxy) is 1. The highest BCUT2D eigenvalue weighted by Gasteiger charge is 2.32. The third-order valence-corrected chi connectivity index (χ3v) is 3.39. The number of carbonyl (C=O) groups is 1. The summed E-state index contributed by atoms with van der Waals surface area (Å²) >= 11 is 0. The fourth-order valence-electron chi connectivity index (χ4n) is 2.27. The number of phenolic OH excluding ortho intramolecular Hbond substituents is 1. The van der Waals surface area contributed by atoms with Crippen LogP contribution in [0, 0.1) is 25.7 Å². The fourth-order valence-corrected chi connectivity index (χ4v) is 2.27. The maximum absolute atomic E-state index is 11.8. The van der Waals surface area contributed by atoms with Gasteiger partial charge in [0.2, 0.25) is 0 Å². The zero-order valence-corrected chi connectivity index (χ0v) is 12.1. The van der Waals surface area contributed by atoms with E-state index >= 15 is 0 Å². The summed E-state index contributed by atoms with van der Waals surface area (Å²) in [5, 5.41) is 20.2. The highest BCUT2D eigenvalue weighted by molar-refractivity contribution is 5.73. The zero-order chi connectivity index (χ0) is 14.7. The molecule has 1 aromatic carbocycles. The minimum Gasteiger partial charge on any atom is -0.507 e. The van der Waals surface area contributed by atoms with Gasteiger partial charge in [-0.25, -0.2) is 0 Å². The largest absolute Gasteiger partial charge is 0.507 e.